The number of primary amides is 1. The van der Waals surface area contributed by atoms with Crippen LogP contribution in [0.2, 0.25) is 0 Å². The van der Waals surface area contributed by atoms with E-state index in [1.165, 1.54) is 0 Å². The molecule has 0 fully saturated rings. The summed E-state index contributed by atoms with van der Waals surface area (Å²) in [6, 6.07) is 6.89. The molecule has 12 heavy (non-hydrogen) atoms. The van der Waals surface area contributed by atoms with E-state index in [0.29, 0.717) is 11.1 Å². The minimum atomic E-state index is -0.427. The second kappa shape index (κ2) is 3.67. The maximum absolute atomic E-state index is 10.5. The average Bonchev–Trinajstić information content (AvgIpc) is 2.04. The van der Waals surface area contributed by atoms with Gasteiger partial charge in [0, 0.05) is 5.56 Å². The van der Waals surface area contributed by atoms with Gasteiger partial charge < -0.3 is 5.73 Å². The van der Waals surface area contributed by atoms with E-state index < -0.39 is 5.91 Å². The van der Waals surface area contributed by atoms with Crippen LogP contribution >= 0.6 is 0 Å². The fourth-order valence-electron chi connectivity index (χ4n) is 0.998. The molecule has 0 atom stereocenters. The molecule has 0 radical (unpaired) electrons. The highest BCUT2D eigenvalue weighted by Crippen LogP contribution is 2.05. The normalized spacial score (nSPS) is 9.33. The van der Waals surface area contributed by atoms with Gasteiger partial charge in [-0.25, -0.2) is 0 Å². The van der Waals surface area contributed by atoms with Crippen molar-refractivity contribution in [2.45, 2.75) is 6.42 Å². The Labute approximate surface area is 70.2 Å². The third-order valence-electron chi connectivity index (χ3n) is 1.55. The van der Waals surface area contributed by atoms with E-state index in [1.807, 2.05) is 0 Å². The molecule has 0 unspecified atom stereocenters. The van der Waals surface area contributed by atoms with Crippen molar-refractivity contribution in [3.05, 3.63) is 35.4 Å². The molecule has 0 aromatic heterocycles. The Morgan fingerprint density at radius 1 is 1.42 bits per heavy atom. The molecule has 0 heterocycles. The first-order chi connectivity index (χ1) is 5.74. The van der Waals surface area contributed by atoms with Gasteiger partial charge in [0.05, 0.1) is 6.42 Å². The van der Waals surface area contributed by atoms with Crippen molar-refractivity contribution in [3.63, 3.8) is 0 Å². The fraction of sp³-hybridized carbons (Fsp3) is 0.111. The van der Waals surface area contributed by atoms with Gasteiger partial charge in [0.2, 0.25) is 5.91 Å². The maximum Gasteiger partial charge on any atom is 0.221 e. The van der Waals surface area contributed by atoms with Crippen LogP contribution in [-0.4, -0.2) is 12.2 Å². The SMILES string of the molecule is NC(=O)Cc1ccccc1C=O. The summed E-state index contributed by atoms with van der Waals surface area (Å²) in [5, 5.41) is 0. The minimum Gasteiger partial charge on any atom is -0.369 e. The molecule has 1 aromatic carbocycles. The maximum atomic E-state index is 10.5. The Hall–Kier alpha value is -1.64. The summed E-state index contributed by atoms with van der Waals surface area (Å²) in [6.07, 6.45) is 0.840. The number of amides is 1. The Kier molecular flexibility index (Phi) is 2.58. The molecule has 3 nitrogen and oxygen atoms in total. The van der Waals surface area contributed by atoms with E-state index >= 15 is 0 Å². The van der Waals surface area contributed by atoms with Crippen LogP contribution in [0.1, 0.15) is 15.9 Å². The lowest BCUT2D eigenvalue weighted by Crippen LogP contribution is -2.14. The van der Waals surface area contributed by atoms with E-state index in [9.17, 15) is 9.59 Å². The van der Waals surface area contributed by atoms with Gasteiger partial charge in [-0.2, -0.15) is 0 Å². The fourth-order valence-corrected chi connectivity index (χ4v) is 0.998. The number of hydrogen-bond donors (Lipinski definition) is 1. The topological polar surface area (TPSA) is 60.2 Å². The zero-order valence-corrected chi connectivity index (χ0v) is 6.49. The molecular formula is C9H9NO2. The predicted molar refractivity (Wildman–Crippen MR) is 44.7 cm³/mol. The smallest absolute Gasteiger partial charge is 0.221 e. The first-order valence-electron chi connectivity index (χ1n) is 3.55. The van der Waals surface area contributed by atoms with Gasteiger partial charge in [-0.3, -0.25) is 9.59 Å². The molecule has 62 valence electrons. The van der Waals surface area contributed by atoms with Crippen LogP contribution in [0, 0.1) is 0 Å². The number of rotatable bonds is 3. The monoisotopic (exact) mass is 163 g/mol. The molecule has 0 aliphatic rings. The molecule has 0 aliphatic carbocycles. The summed E-state index contributed by atoms with van der Waals surface area (Å²) < 4.78 is 0. The summed E-state index contributed by atoms with van der Waals surface area (Å²) in [4.78, 5) is 21.0. The van der Waals surface area contributed by atoms with Gasteiger partial charge in [0.25, 0.3) is 0 Å². The molecule has 0 saturated heterocycles. The molecule has 3 heteroatoms. The van der Waals surface area contributed by atoms with Crippen molar-refractivity contribution in [3.8, 4) is 0 Å². The van der Waals surface area contributed by atoms with E-state index in [0.717, 1.165) is 6.29 Å². The molecule has 1 rings (SSSR count). The molecular weight excluding hydrogens is 154 g/mol. The van der Waals surface area contributed by atoms with Crippen LogP contribution in [0.3, 0.4) is 0 Å². The third kappa shape index (κ3) is 1.92. The summed E-state index contributed by atoms with van der Waals surface area (Å²) in [6.45, 7) is 0. The Morgan fingerprint density at radius 2 is 2.08 bits per heavy atom. The molecule has 1 aromatic rings. The Bertz CT molecular complexity index is 307. The Balaban J connectivity index is 2.96. The highest BCUT2D eigenvalue weighted by Gasteiger charge is 2.02. The first-order valence-corrected chi connectivity index (χ1v) is 3.55. The van der Waals surface area contributed by atoms with Crippen LogP contribution < -0.4 is 5.73 Å². The second-order valence-corrected chi connectivity index (χ2v) is 2.46. The lowest BCUT2D eigenvalue weighted by Gasteiger charge is -1.99. The van der Waals surface area contributed by atoms with Crippen molar-refractivity contribution < 1.29 is 9.59 Å². The summed E-state index contributed by atoms with van der Waals surface area (Å²) in [7, 11) is 0. The quantitative estimate of drug-likeness (QED) is 0.660. The highest BCUT2D eigenvalue weighted by atomic mass is 16.1. The van der Waals surface area contributed by atoms with Crippen molar-refractivity contribution in [1.29, 1.82) is 0 Å². The van der Waals surface area contributed by atoms with Crippen LogP contribution in [0.5, 0.6) is 0 Å². The van der Waals surface area contributed by atoms with E-state index in [1.54, 1.807) is 24.3 Å². The molecule has 2 N–H and O–H groups in total. The molecule has 0 bridgehead atoms. The van der Waals surface area contributed by atoms with Crippen LogP contribution in [-0.2, 0) is 11.2 Å². The first kappa shape index (κ1) is 8.46. The van der Waals surface area contributed by atoms with Crippen molar-refractivity contribution in [1.82, 2.24) is 0 Å². The lowest BCUT2D eigenvalue weighted by atomic mass is 10.1. The summed E-state index contributed by atoms with van der Waals surface area (Å²) >= 11 is 0. The van der Waals surface area contributed by atoms with Gasteiger partial charge in [0.1, 0.15) is 6.29 Å². The minimum absolute atomic E-state index is 0.120. The zero-order valence-electron chi connectivity index (χ0n) is 6.49. The van der Waals surface area contributed by atoms with Crippen LogP contribution in [0.15, 0.2) is 24.3 Å². The van der Waals surface area contributed by atoms with E-state index in [2.05, 4.69) is 0 Å². The molecule has 0 saturated carbocycles. The summed E-state index contributed by atoms with van der Waals surface area (Å²) in [5.74, 6) is -0.427. The number of carbonyl (C=O) groups is 2. The molecule has 0 aliphatic heterocycles. The number of hydrogen-bond acceptors (Lipinski definition) is 2. The van der Waals surface area contributed by atoms with E-state index in [-0.39, 0.29) is 6.42 Å². The Morgan fingerprint density at radius 3 is 2.67 bits per heavy atom. The highest BCUT2D eigenvalue weighted by molar-refractivity contribution is 5.83. The largest absolute Gasteiger partial charge is 0.369 e. The zero-order chi connectivity index (χ0) is 8.97. The van der Waals surface area contributed by atoms with Crippen molar-refractivity contribution in [2.24, 2.45) is 5.73 Å². The summed E-state index contributed by atoms with van der Waals surface area (Å²) in [5.41, 5.74) is 6.20. The standard InChI is InChI=1S/C9H9NO2/c10-9(12)5-7-3-1-2-4-8(7)6-11/h1-4,6H,5H2,(H2,10,12). The van der Waals surface area contributed by atoms with Gasteiger partial charge in [-0.1, -0.05) is 24.3 Å². The number of benzene rings is 1. The van der Waals surface area contributed by atoms with Crippen molar-refractivity contribution >= 4 is 12.2 Å². The third-order valence-corrected chi connectivity index (χ3v) is 1.55. The molecule has 1 amide bonds. The second-order valence-electron chi connectivity index (χ2n) is 2.46. The lowest BCUT2D eigenvalue weighted by molar-refractivity contribution is -0.117. The van der Waals surface area contributed by atoms with Gasteiger partial charge in [-0.05, 0) is 5.56 Å². The number of aldehydes is 1. The van der Waals surface area contributed by atoms with Gasteiger partial charge in [-0.15, -0.1) is 0 Å². The number of carbonyl (C=O) groups excluding carboxylic acids is 2. The van der Waals surface area contributed by atoms with Gasteiger partial charge >= 0.3 is 0 Å². The average molecular weight is 163 g/mol. The van der Waals surface area contributed by atoms with Crippen LogP contribution in [0.4, 0.5) is 0 Å². The van der Waals surface area contributed by atoms with E-state index in [4.69, 9.17) is 5.73 Å². The molecule has 0 spiro atoms. The number of nitrogens with two attached hydrogens (primary N) is 1. The van der Waals surface area contributed by atoms with Gasteiger partial charge in [0.15, 0.2) is 0 Å². The van der Waals surface area contributed by atoms with Crippen molar-refractivity contribution in [2.75, 3.05) is 0 Å². The van der Waals surface area contributed by atoms with Crippen LogP contribution in [0.25, 0.3) is 0 Å². The predicted octanol–water partition coefficient (Wildman–Crippen LogP) is 0.527.